The molecule has 19 heavy (non-hydrogen) atoms. The molecule has 0 saturated carbocycles. The maximum absolute atomic E-state index is 5.67. The van der Waals surface area contributed by atoms with Crippen molar-refractivity contribution < 1.29 is 4.74 Å². The molecule has 1 aromatic heterocycles. The number of nitrogens with zero attached hydrogens (tertiary/aromatic N) is 1. The third-order valence-electron chi connectivity index (χ3n) is 2.76. The first-order chi connectivity index (χ1) is 9.02. The molecule has 0 aliphatic carbocycles. The summed E-state index contributed by atoms with van der Waals surface area (Å²) in [4.78, 5) is 4.55. The second-order valence-electron chi connectivity index (χ2n) is 5.35. The van der Waals surface area contributed by atoms with Gasteiger partial charge in [-0.25, -0.2) is 4.98 Å². The molecule has 0 saturated heterocycles. The van der Waals surface area contributed by atoms with Crippen LogP contribution in [0.25, 0.3) is 0 Å². The number of rotatable bonds is 8. The van der Waals surface area contributed by atoms with Gasteiger partial charge in [0, 0.05) is 24.3 Å². The summed E-state index contributed by atoms with van der Waals surface area (Å²) in [5.74, 6) is 1.12. The van der Waals surface area contributed by atoms with Gasteiger partial charge in [-0.1, -0.05) is 33.8 Å². The zero-order chi connectivity index (χ0) is 14.3. The minimum Gasteiger partial charge on any atom is -0.477 e. The molecule has 0 atom stereocenters. The average molecular weight is 262 g/mol. The molecular formula is C16H26N2O. The summed E-state index contributed by atoms with van der Waals surface area (Å²) in [5.41, 5.74) is 2.30. The van der Waals surface area contributed by atoms with E-state index in [0.29, 0.717) is 24.4 Å². The smallest absolute Gasteiger partial charge is 0.213 e. The SMILES string of the molecule is C=CCCOc1cc(CNC(C)C)cc(C(C)C)n1. The normalized spacial score (nSPS) is 11.1. The summed E-state index contributed by atoms with van der Waals surface area (Å²) >= 11 is 0. The van der Waals surface area contributed by atoms with Crippen LogP contribution in [0.4, 0.5) is 0 Å². The van der Waals surface area contributed by atoms with E-state index in [4.69, 9.17) is 4.74 Å². The Kier molecular flexibility index (Phi) is 6.57. The maximum atomic E-state index is 5.67. The number of ether oxygens (including phenoxy) is 1. The fraction of sp³-hybridized carbons (Fsp3) is 0.562. The van der Waals surface area contributed by atoms with Crippen LogP contribution in [-0.2, 0) is 6.54 Å². The van der Waals surface area contributed by atoms with Crippen LogP contribution in [-0.4, -0.2) is 17.6 Å². The summed E-state index contributed by atoms with van der Waals surface area (Å²) in [6, 6.07) is 4.64. The highest BCUT2D eigenvalue weighted by Crippen LogP contribution is 2.19. The highest BCUT2D eigenvalue weighted by molar-refractivity contribution is 5.26. The molecule has 1 aromatic rings. The first-order valence-corrected chi connectivity index (χ1v) is 7.01. The van der Waals surface area contributed by atoms with Crippen molar-refractivity contribution in [1.29, 1.82) is 0 Å². The monoisotopic (exact) mass is 262 g/mol. The molecule has 3 nitrogen and oxygen atoms in total. The van der Waals surface area contributed by atoms with Crippen molar-refractivity contribution >= 4 is 0 Å². The molecule has 0 amide bonds. The average Bonchev–Trinajstić information content (AvgIpc) is 2.36. The predicted octanol–water partition coefficient (Wildman–Crippen LogP) is 3.66. The van der Waals surface area contributed by atoms with Gasteiger partial charge in [-0.05, 0) is 24.0 Å². The van der Waals surface area contributed by atoms with E-state index in [0.717, 1.165) is 18.7 Å². The van der Waals surface area contributed by atoms with Crippen LogP contribution in [0.5, 0.6) is 5.88 Å². The Balaban J connectivity index is 2.80. The van der Waals surface area contributed by atoms with E-state index in [2.05, 4.69) is 50.6 Å². The summed E-state index contributed by atoms with van der Waals surface area (Å²) in [5, 5.41) is 3.42. The Hall–Kier alpha value is -1.35. The van der Waals surface area contributed by atoms with E-state index in [1.807, 2.05) is 12.1 Å². The molecule has 1 heterocycles. The zero-order valence-electron chi connectivity index (χ0n) is 12.6. The van der Waals surface area contributed by atoms with Crippen molar-refractivity contribution in [3.05, 3.63) is 36.0 Å². The van der Waals surface area contributed by atoms with Gasteiger partial charge in [0.2, 0.25) is 5.88 Å². The lowest BCUT2D eigenvalue weighted by molar-refractivity contribution is 0.310. The lowest BCUT2D eigenvalue weighted by atomic mass is 10.1. The topological polar surface area (TPSA) is 34.1 Å². The van der Waals surface area contributed by atoms with Crippen molar-refractivity contribution in [3.63, 3.8) is 0 Å². The van der Waals surface area contributed by atoms with Crippen LogP contribution < -0.4 is 10.1 Å². The zero-order valence-corrected chi connectivity index (χ0v) is 12.6. The van der Waals surface area contributed by atoms with Gasteiger partial charge in [-0.2, -0.15) is 0 Å². The van der Waals surface area contributed by atoms with E-state index in [1.54, 1.807) is 0 Å². The fourth-order valence-electron chi connectivity index (χ4n) is 1.62. The molecule has 0 spiro atoms. The van der Waals surface area contributed by atoms with Crippen molar-refractivity contribution in [3.8, 4) is 5.88 Å². The summed E-state index contributed by atoms with van der Waals surface area (Å²) in [6.45, 7) is 13.8. The van der Waals surface area contributed by atoms with Crippen LogP contribution in [0.15, 0.2) is 24.8 Å². The molecule has 1 N–H and O–H groups in total. The number of hydrogen-bond donors (Lipinski definition) is 1. The summed E-state index contributed by atoms with van der Waals surface area (Å²) in [6.07, 6.45) is 2.70. The maximum Gasteiger partial charge on any atom is 0.213 e. The molecule has 0 bridgehead atoms. The number of pyridine rings is 1. The van der Waals surface area contributed by atoms with Gasteiger partial charge < -0.3 is 10.1 Å². The van der Waals surface area contributed by atoms with Crippen LogP contribution >= 0.6 is 0 Å². The third kappa shape index (κ3) is 5.88. The van der Waals surface area contributed by atoms with Gasteiger partial charge in [0.15, 0.2) is 0 Å². The largest absolute Gasteiger partial charge is 0.477 e. The van der Waals surface area contributed by atoms with Crippen molar-refractivity contribution in [2.24, 2.45) is 0 Å². The Bertz CT molecular complexity index is 400. The highest BCUT2D eigenvalue weighted by Gasteiger charge is 2.07. The Morgan fingerprint density at radius 1 is 1.32 bits per heavy atom. The van der Waals surface area contributed by atoms with Crippen molar-refractivity contribution in [2.75, 3.05) is 6.61 Å². The lowest BCUT2D eigenvalue weighted by Crippen LogP contribution is -2.22. The Morgan fingerprint density at radius 3 is 2.63 bits per heavy atom. The summed E-state index contributed by atoms with van der Waals surface area (Å²) < 4.78 is 5.67. The first kappa shape index (κ1) is 15.7. The minimum absolute atomic E-state index is 0.403. The molecule has 0 unspecified atom stereocenters. The van der Waals surface area contributed by atoms with Gasteiger partial charge >= 0.3 is 0 Å². The van der Waals surface area contributed by atoms with Gasteiger partial charge in [0.1, 0.15) is 0 Å². The molecule has 0 aliphatic heterocycles. The van der Waals surface area contributed by atoms with Crippen molar-refractivity contribution in [1.82, 2.24) is 10.3 Å². The second-order valence-corrected chi connectivity index (χ2v) is 5.35. The summed E-state index contributed by atoms with van der Waals surface area (Å²) in [7, 11) is 0. The van der Waals surface area contributed by atoms with Crippen LogP contribution in [0.1, 0.15) is 51.3 Å². The number of nitrogens with one attached hydrogen (secondary N) is 1. The van der Waals surface area contributed by atoms with Crippen LogP contribution in [0.3, 0.4) is 0 Å². The molecule has 0 radical (unpaired) electrons. The number of aromatic nitrogens is 1. The lowest BCUT2D eigenvalue weighted by Gasteiger charge is -2.13. The van der Waals surface area contributed by atoms with Gasteiger partial charge in [0.05, 0.1) is 6.61 Å². The third-order valence-corrected chi connectivity index (χ3v) is 2.76. The van der Waals surface area contributed by atoms with Crippen LogP contribution in [0, 0.1) is 0 Å². The number of hydrogen-bond acceptors (Lipinski definition) is 3. The standard InChI is InChI=1S/C16H26N2O/c1-6-7-8-19-16-10-14(11-17-13(4)5)9-15(18-16)12(2)3/h6,9-10,12-13,17H,1,7-8,11H2,2-5H3. The second kappa shape index (κ2) is 7.95. The molecular weight excluding hydrogens is 236 g/mol. The molecule has 0 aliphatic rings. The van der Waals surface area contributed by atoms with Crippen molar-refractivity contribution in [2.45, 2.75) is 52.6 Å². The van der Waals surface area contributed by atoms with E-state index >= 15 is 0 Å². The predicted molar refractivity (Wildman–Crippen MR) is 80.6 cm³/mol. The Labute approximate surface area is 117 Å². The first-order valence-electron chi connectivity index (χ1n) is 7.01. The molecule has 1 rings (SSSR count). The van der Waals surface area contributed by atoms with Gasteiger partial charge in [-0.15, -0.1) is 6.58 Å². The fourth-order valence-corrected chi connectivity index (χ4v) is 1.62. The van der Waals surface area contributed by atoms with Gasteiger partial charge in [0.25, 0.3) is 0 Å². The molecule has 106 valence electrons. The Morgan fingerprint density at radius 2 is 2.05 bits per heavy atom. The van der Waals surface area contributed by atoms with E-state index < -0.39 is 0 Å². The van der Waals surface area contributed by atoms with Crippen LogP contribution in [0.2, 0.25) is 0 Å². The molecule has 0 fully saturated rings. The van der Waals surface area contributed by atoms with Gasteiger partial charge in [-0.3, -0.25) is 0 Å². The molecule has 0 aromatic carbocycles. The highest BCUT2D eigenvalue weighted by atomic mass is 16.5. The van der Waals surface area contributed by atoms with E-state index in [1.165, 1.54) is 5.56 Å². The van der Waals surface area contributed by atoms with E-state index in [-0.39, 0.29) is 0 Å². The van der Waals surface area contributed by atoms with E-state index in [9.17, 15) is 0 Å². The molecule has 3 heteroatoms. The quantitative estimate of drug-likeness (QED) is 0.573. The minimum atomic E-state index is 0.403.